The van der Waals surface area contributed by atoms with Crippen LogP contribution in [0.5, 0.6) is 0 Å². The van der Waals surface area contributed by atoms with Crippen LogP contribution in [0, 0.1) is 5.92 Å². The molecule has 3 fully saturated rings. The van der Waals surface area contributed by atoms with E-state index in [0.717, 1.165) is 38.2 Å². The van der Waals surface area contributed by atoms with Crippen molar-refractivity contribution in [1.29, 1.82) is 0 Å². The van der Waals surface area contributed by atoms with Gasteiger partial charge in [0.1, 0.15) is 6.23 Å². The topological polar surface area (TPSA) is 54.1 Å². The molecule has 5 nitrogen and oxygen atoms in total. The van der Waals surface area contributed by atoms with Crippen LogP contribution in [0.1, 0.15) is 86.5 Å². The smallest absolute Gasteiger partial charge is 0.257 e. The molecular weight excluding hydrogens is 340 g/mol. The first-order valence-electron chi connectivity index (χ1n) is 10.9. The van der Waals surface area contributed by atoms with E-state index in [9.17, 15) is 4.79 Å². The van der Waals surface area contributed by atoms with Gasteiger partial charge in [0, 0.05) is 23.9 Å². The lowest BCUT2D eigenvalue weighted by Gasteiger charge is -2.49. The van der Waals surface area contributed by atoms with E-state index in [4.69, 9.17) is 9.47 Å². The second kappa shape index (κ2) is 7.64. The van der Waals surface area contributed by atoms with Crippen LogP contribution >= 0.6 is 0 Å². The summed E-state index contributed by atoms with van der Waals surface area (Å²) in [5.41, 5.74) is -0.924. The number of carbonyl (C=O) groups is 1. The fourth-order valence-corrected chi connectivity index (χ4v) is 5.35. The van der Waals surface area contributed by atoms with Gasteiger partial charge in [-0.3, -0.25) is 4.79 Å². The summed E-state index contributed by atoms with van der Waals surface area (Å²) in [7, 11) is 0. The largest absolute Gasteiger partial charge is 0.371 e. The fraction of sp³-hybridized carbons (Fsp3) is 0.955. The molecule has 1 spiro atoms. The number of hydrogen-bond acceptors (Lipinski definition) is 4. The van der Waals surface area contributed by atoms with Gasteiger partial charge in [-0.05, 0) is 46.5 Å². The number of rotatable bonds is 8. The zero-order valence-electron chi connectivity index (χ0n) is 18.3. The molecule has 2 atom stereocenters. The maximum Gasteiger partial charge on any atom is 0.257 e. The molecule has 2 unspecified atom stereocenters. The summed E-state index contributed by atoms with van der Waals surface area (Å²) in [6.07, 6.45) is 7.39. The molecule has 27 heavy (non-hydrogen) atoms. The average Bonchev–Trinajstić information content (AvgIpc) is 3.27. The van der Waals surface area contributed by atoms with E-state index in [0.29, 0.717) is 6.54 Å². The predicted octanol–water partition coefficient (Wildman–Crippen LogP) is 3.86. The normalized spacial score (nSPS) is 31.1. The first kappa shape index (κ1) is 21.1. The Morgan fingerprint density at radius 2 is 1.74 bits per heavy atom. The molecule has 0 aromatic heterocycles. The van der Waals surface area contributed by atoms with E-state index >= 15 is 0 Å². The Bertz CT molecular complexity index is 524. The molecule has 0 aromatic rings. The van der Waals surface area contributed by atoms with Crippen molar-refractivity contribution < 1.29 is 14.3 Å². The van der Waals surface area contributed by atoms with Gasteiger partial charge in [0.15, 0.2) is 5.60 Å². The van der Waals surface area contributed by atoms with Crippen LogP contribution < -0.4 is 5.32 Å². The quantitative estimate of drug-likeness (QED) is 0.513. The highest BCUT2D eigenvalue weighted by atomic mass is 16.6. The molecule has 0 aliphatic carbocycles. The van der Waals surface area contributed by atoms with Gasteiger partial charge in [0.05, 0.1) is 19.3 Å². The minimum atomic E-state index is -0.685. The summed E-state index contributed by atoms with van der Waals surface area (Å²) in [4.78, 5) is 15.5. The van der Waals surface area contributed by atoms with Crippen LogP contribution in [0.15, 0.2) is 0 Å². The number of nitrogens with one attached hydrogen (secondary N) is 1. The van der Waals surface area contributed by atoms with Crippen LogP contribution in [0.3, 0.4) is 0 Å². The third-order valence-corrected chi connectivity index (χ3v) is 6.03. The Hall–Kier alpha value is -0.650. The number of carbonyl (C=O) groups excluding carboxylic acids is 1. The highest BCUT2D eigenvalue weighted by molar-refractivity contribution is 5.87. The van der Waals surface area contributed by atoms with Crippen molar-refractivity contribution in [2.24, 2.45) is 5.92 Å². The highest BCUT2D eigenvalue weighted by Gasteiger charge is 2.60. The van der Waals surface area contributed by atoms with E-state index in [1.165, 1.54) is 19.3 Å². The zero-order chi connectivity index (χ0) is 19.9. The van der Waals surface area contributed by atoms with E-state index in [1.807, 2.05) is 4.90 Å². The fourth-order valence-electron chi connectivity index (χ4n) is 5.35. The maximum atomic E-state index is 13.5. The van der Waals surface area contributed by atoms with Gasteiger partial charge in [-0.25, -0.2) is 0 Å². The molecule has 5 heteroatoms. The third kappa shape index (κ3) is 5.24. The molecule has 3 aliphatic rings. The second-order valence-electron chi connectivity index (χ2n) is 10.8. The molecule has 3 heterocycles. The van der Waals surface area contributed by atoms with Crippen molar-refractivity contribution in [2.45, 2.75) is 115 Å². The number of unbranched alkanes of at least 4 members (excludes halogenated alkanes) is 2. The summed E-state index contributed by atoms with van der Waals surface area (Å²) >= 11 is 0. The molecule has 3 saturated heterocycles. The van der Waals surface area contributed by atoms with Crippen LogP contribution in [-0.4, -0.2) is 53.0 Å². The first-order chi connectivity index (χ1) is 12.5. The lowest BCUT2D eigenvalue weighted by Crippen LogP contribution is -2.65. The summed E-state index contributed by atoms with van der Waals surface area (Å²) in [6.45, 7) is 14.7. The summed E-state index contributed by atoms with van der Waals surface area (Å²) in [5, 5.41) is 3.68. The van der Waals surface area contributed by atoms with Gasteiger partial charge in [-0.15, -0.1) is 0 Å². The van der Waals surface area contributed by atoms with Gasteiger partial charge in [-0.2, -0.15) is 0 Å². The molecule has 0 radical (unpaired) electrons. The van der Waals surface area contributed by atoms with Crippen LogP contribution in [-0.2, 0) is 14.3 Å². The van der Waals surface area contributed by atoms with Crippen LogP contribution in [0.4, 0.5) is 0 Å². The lowest BCUT2D eigenvalue weighted by molar-refractivity contribution is -0.147. The SMILES string of the molecule is CC(C)CCCCCC1OC2(CC(C)(C)NC(C)(C)C2)C(=O)N1CC1CO1. The van der Waals surface area contributed by atoms with Gasteiger partial charge in [-0.1, -0.05) is 33.1 Å². The Kier molecular flexibility index (Phi) is 5.96. The Morgan fingerprint density at radius 3 is 2.30 bits per heavy atom. The minimum Gasteiger partial charge on any atom is -0.371 e. The lowest BCUT2D eigenvalue weighted by atomic mass is 9.72. The van der Waals surface area contributed by atoms with E-state index in [-0.39, 0.29) is 29.3 Å². The summed E-state index contributed by atoms with van der Waals surface area (Å²) in [6, 6.07) is 0. The molecule has 0 bridgehead atoms. The van der Waals surface area contributed by atoms with Crippen molar-refractivity contribution in [1.82, 2.24) is 10.2 Å². The second-order valence-corrected chi connectivity index (χ2v) is 10.8. The molecule has 1 N–H and O–H groups in total. The van der Waals surface area contributed by atoms with Crippen LogP contribution in [0.25, 0.3) is 0 Å². The summed E-state index contributed by atoms with van der Waals surface area (Å²) in [5.74, 6) is 0.952. The first-order valence-corrected chi connectivity index (χ1v) is 10.9. The minimum absolute atomic E-state index is 0.0922. The number of piperidine rings is 1. The van der Waals surface area contributed by atoms with Gasteiger partial charge >= 0.3 is 0 Å². The molecule has 0 aromatic carbocycles. The third-order valence-electron chi connectivity index (χ3n) is 6.03. The molecule has 156 valence electrons. The van der Waals surface area contributed by atoms with Crippen molar-refractivity contribution in [2.75, 3.05) is 13.2 Å². The zero-order valence-corrected chi connectivity index (χ0v) is 18.3. The number of nitrogens with zero attached hydrogens (tertiary/aromatic N) is 1. The van der Waals surface area contributed by atoms with Crippen molar-refractivity contribution in [3.63, 3.8) is 0 Å². The van der Waals surface area contributed by atoms with E-state index in [1.54, 1.807) is 0 Å². The number of ether oxygens (including phenoxy) is 2. The van der Waals surface area contributed by atoms with Crippen molar-refractivity contribution >= 4 is 5.91 Å². The van der Waals surface area contributed by atoms with E-state index < -0.39 is 5.60 Å². The van der Waals surface area contributed by atoms with Crippen molar-refractivity contribution in [3.05, 3.63) is 0 Å². The molecule has 1 amide bonds. The van der Waals surface area contributed by atoms with Crippen LogP contribution in [0.2, 0.25) is 0 Å². The monoisotopic (exact) mass is 380 g/mol. The highest BCUT2D eigenvalue weighted by Crippen LogP contribution is 2.45. The average molecular weight is 381 g/mol. The van der Waals surface area contributed by atoms with E-state index in [2.05, 4.69) is 46.9 Å². The van der Waals surface area contributed by atoms with Gasteiger partial charge in [0.2, 0.25) is 0 Å². The van der Waals surface area contributed by atoms with Gasteiger partial charge in [0.25, 0.3) is 5.91 Å². The van der Waals surface area contributed by atoms with Gasteiger partial charge < -0.3 is 19.7 Å². The predicted molar refractivity (Wildman–Crippen MR) is 108 cm³/mol. The Balaban J connectivity index is 1.68. The van der Waals surface area contributed by atoms with Crippen molar-refractivity contribution in [3.8, 4) is 0 Å². The Labute approximate surface area is 165 Å². The standard InChI is InChI=1S/C22H40N2O3/c1-16(2)10-8-7-9-11-18-24(12-17-13-26-17)19(25)22(27-18)14-20(3,4)23-21(5,6)15-22/h16-18,23H,7-15H2,1-6H3. The number of epoxide rings is 1. The molecular formula is C22H40N2O3. The molecule has 3 rings (SSSR count). The maximum absolute atomic E-state index is 13.5. The molecule has 0 saturated carbocycles. The Morgan fingerprint density at radius 1 is 1.11 bits per heavy atom. The number of hydrogen-bond donors (Lipinski definition) is 1. The molecule has 3 aliphatic heterocycles. The summed E-state index contributed by atoms with van der Waals surface area (Å²) < 4.78 is 12.1. The number of amides is 1.